The Balaban J connectivity index is 0. The monoisotopic (exact) mass is 387 g/mol. The highest BCUT2D eigenvalue weighted by atomic mass is 32.2. The van der Waals surface area contributed by atoms with Crippen molar-refractivity contribution >= 4 is 19.6 Å². The van der Waals surface area contributed by atoms with Crippen molar-refractivity contribution in [3.05, 3.63) is 0 Å². The predicted molar refractivity (Wildman–Crippen MR) is 102 cm³/mol. The maximum atomic E-state index is 10.5. The van der Waals surface area contributed by atoms with E-state index in [0.29, 0.717) is 39.4 Å². The summed E-state index contributed by atoms with van der Waals surface area (Å²) >= 11 is 0. The van der Waals surface area contributed by atoms with Crippen molar-refractivity contribution in [1.82, 2.24) is 11.5 Å². The lowest BCUT2D eigenvalue weighted by atomic mass is 10.4. The summed E-state index contributed by atoms with van der Waals surface area (Å²) in [6.45, 7) is 5.20. The van der Waals surface area contributed by atoms with Crippen LogP contribution in [-0.4, -0.2) is 74.3 Å². The number of unbranched alkanes of at least 4 members (excludes halogenated alkanes) is 1. The molecule has 8 nitrogen and oxygen atoms in total. The Morgan fingerprint density at radius 1 is 0.917 bits per heavy atom. The van der Waals surface area contributed by atoms with E-state index in [-0.39, 0.29) is 21.4 Å². The highest BCUT2D eigenvalue weighted by Crippen LogP contribution is 2.01. The zero-order valence-corrected chi connectivity index (χ0v) is 17.1. The van der Waals surface area contributed by atoms with Gasteiger partial charge in [0, 0.05) is 22.7 Å². The largest absolute Gasteiger partial charge is 0.379 e. The van der Waals surface area contributed by atoms with Crippen molar-refractivity contribution in [2.75, 3.05) is 51.8 Å². The fourth-order valence-corrected chi connectivity index (χ4v) is 4.25. The molecule has 0 heterocycles. The molecule has 0 aromatic carbocycles. The number of rotatable bonds is 18. The van der Waals surface area contributed by atoms with Crippen LogP contribution < -0.4 is 17.2 Å². The van der Waals surface area contributed by atoms with E-state index >= 15 is 0 Å². The number of hydrogen-bond donors (Lipinski definition) is 4. The van der Waals surface area contributed by atoms with Crippen molar-refractivity contribution < 1.29 is 22.4 Å². The molecular formula is C14H37N3O5SSi. The number of nitrogens with two attached hydrogens (primary N) is 1. The minimum Gasteiger partial charge on any atom is -0.379 e. The van der Waals surface area contributed by atoms with Gasteiger partial charge in [-0.2, -0.15) is 8.42 Å². The molecule has 0 spiro atoms. The van der Waals surface area contributed by atoms with Gasteiger partial charge in [-0.1, -0.05) is 18.5 Å². The van der Waals surface area contributed by atoms with Gasteiger partial charge in [0.2, 0.25) is 0 Å². The summed E-state index contributed by atoms with van der Waals surface area (Å²) in [7, 11) is -3.85. The average Bonchev–Trinajstić information content (AvgIpc) is 2.49. The first-order chi connectivity index (χ1) is 11.1. The maximum absolute atomic E-state index is 10.5. The van der Waals surface area contributed by atoms with Crippen LogP contribution in [0.4, 0.5) is 0 Å². The normalized spacial score (nSPS) is 11.9. The second-order valence-corrected chi connectivity index (χ2v) is 9.22. The summed E-state index contributed by atoms with van der Waals surface area (Å²) in [6, 6.07) is 2.43. The molecule has 0 fully saturated rings. The fraction of sp³-hybridized carbons (Fsp3) is 1.00. The van der Waals surface area contributed by atoms with Gasteiger partial charge < -0.3 is 26.7 Å². The lowest BCUT2D eigenvalue weighted by Crippen LogP contribution is -2.22. The van der Waals surface area contributed by atoms with Gasteiger partial charge in [0.25, 0.3) is 10.1 Å². The molecule has 0 atom stereocenters. The molecule has 148 valence electrons. The minimum atomic E-state index is -3.76. The summed E-state index contributed by atoms with van der Waals surface area (Å²) < 4.78 is 40.4. The summed E-state index contributed by atoms with van der Waals surface area (Å²) in [5, 5.41) is 3.35. The average molecular weight is 388 g/mol. The zero-order valence-electron chi connectivity index (χ0n) is 14.9. The Hall–Kier alpha value is -0.0731. The van der Waals surface area contributed by atoms with Gasteiger partial charge in [-0.05, 0) is 32.4 Å². The first-order valence-electron chi connectivity index (χ1n) is 8.57. The Morgan fingerprint density at radius 2 is 1.58 bits per heavy atom. The first-order valence-corrected chi connectivity index (χ1v) is 12.2. The Bertz CT molecular complexity index is 347. The molecular weight excluding hydrogens is 350 g/mol. The molecule has 0 aliphatic carbocycles. The highest BCUT2D eigenvalue weighted by Gasteiger charge is 2.02. The SMILES string of the molecule is N.NCCCOCCOCCNCCC[SiH2]CCCCS(=O)(=O)O. The van der Waals surface area contributed by atoms with Crippen LogP contribution in [0.3, 0.4) is 0 Å². The quantitative estimate of drug-likeness (QED) is 0.148. The van der Waals surface area contributed by atoms with E-state index in [0.717, 1.165) is 32.0 Å². The lowest BCUT2D eigenvalue weighted by molar-refractivity contribution is 0.0486. The molecule has 0 unspecified atom stereocenters. The highest BCUT2D eigenvalue weighted by molar-refractivity contribution is 7.85. The second kappa shape index (κ2) is 19.3. The van der Waals surface area contributed by atoms with Crippen LogP contribution in [0.5, 0.6) is 0 Å². The zero-order chi connectivity index (χ0) is 17.2. The molecule has 0 radical (unpaired) electrons. The molecule has 10 heteroatoms. The maximum Gasteiger partial charge on any atom is 0.264 e. The Labute approximate surface area is 149 Å². The number of hydrogen-bond acceptors (Lipinski definition) is 7. The molecule has 0 bridgehead atoms. The fourth-order valence-electron chi connectivity index (χ4n) is 2.02. The Morgan fingerprint density at radius 3 is 2.25 bits per heavy atom. The van der Waals surface area contributed by atoms with Crippen molar-refractivity contribution in [2.45, 2.75) is 37.8 Å². The molecule has 0 aromatic heterocycles. The molecule has 24 heavy (non-hydrogen) atoms. The van der Waals surface area contributed by atoms with Crippen LogP contribution in [0.1, 0.15) is 25.7 Å². The van der Waals surface area contributed by atoms with Gasteiger partial charge in [0.05, 0.1) is 25.6 Å². The van der Waals surface area contributed by atoms with Crippen LogP contribution in [0.25, 0.3) is 0 Å². The van der Waals surface area contributed by atoms with Crippen molar-refractivity contribution in [3.63, 3.8) is 0 Å². The number of nitrogens with one attached hydrogen (secondary N) is 1. The predicted octanol–water partition coefficient (Wildman–Crippen LogP) is 0.184. The van der Waals surface area contributed by atoms with E-state index in [1.807, 2.05) is 0 Å². The number of ether oxygens (including phenoxy) is 2. The molecule has 0 amide bonds. The van der Waals surface area contributed by atoms with E-state index in [1.54, 1.807) is 0 Å². The lowest BCUT2D eigenvalue weighted by Gasteiger charge is -2.07. The van der Waals surface area contributed by atoms with Crippen LogP contribution in [0, 0.1) is 0 Å². The molecule has 0 rings (SSSR count). The minimum absolute atomic E-state index is 0. The van der Waals surface area contributed by atoms with Gasteiger partial charge in [0.1, 0.15) is 0 Å². The summed E-state index contributed by atoms with van der Waals surface area (Å²) in [5.41, 5.74) is 5.36. The van der Waals surface area contributed by atoms with E-state index in [9.17, 15) is 8.42 Å². The Kier molecular flexibility index (Phi) is 21.0. The van der Waals surface area contributed by atoms with E-state index in [2.05, 4.69) is 5.32 Å². The van der Waals surface area contributed by atoms with Crippen LogP contribution >= 0.6 is 0 Å². The molecule has 0 aromatic rings. The summed E-state index contributed by atoms with van der Waals surface area (Å²) in [4.78, 5) is 0. The standard InChI is InChI=1S/C14H34N2O5SSi.H3N/c15-5-3-8-20-10-11-21-9-7-16-6-4-14-23-13-2-1-12-22(17,18)19;/h16H,1-15,23H2,(H,17,18,19);1H3. The van der Waals surface area contributed by atoms with Gasteiger partial charge >= 0.3 is 0 Å². The van der Waals surface area contributed by atoms with Gasteiger partial charge in [-0.15, -0.1) is 0 Å². The van der Waals surface area contributed by atoms with Gasteiger partial charge in [-0.25, -0.2) is 0 Å². The topological polar surface area (TPSA) is 146 Å². The molecule has 0 aliphatic rings. The van der Waals surface area contributed by atoms with Gasteiger partial charge in [-0.3, -0.25) is 4.55 Å². The van der Waals surface area contributed by atoms with E-state index in [1.165, 1.54) is 12.5 Å². The van der Waals surface area contributed by atoms with Crippen molar-refractivity contribution in [3.8, 4) is 0 Å². The van der Waals surface area contributed by atoms with Crippen LogP contribution in [0.15, 0.2) is 0 Å². The van der Waals surface area contributed by atoms with E-state index < -0.39 is 10.1 Å². The van der Waals surface area contributed by atoms with Crippen LogP contribution in [-0.2, 0) is 19.6 Å². The molecule has 7 N–H and O–H groups in total. The third kappa shape index (κ3) is 24.2. The second-order valence-electron chi connectivity index (χ2n) is 5.52. The smallest absolute Gasteiger partial charge is 0.264 e. The molecule has 0 saturated heterocycles. The molecule has 0 saturated carbocycles. The molecule has 0 aliphatic heterocycles. The van der Waals surface area contributed by atoms with Crippen LogP contribution in [0.2, 0.25) is 12.1 Å². The summed E-state index contributed by atoms with van der Waals surface area (Å²) in [5.74, 6) is -0.0962. The summed E-state index contributed by atoms with van der Waals surface area (Å²) in [6.07, 6.45) is 3.57. The van der Waals surface area contributed by atoms with Gasteiger partial charge in [0.15, 0.2) is 0 Å². The third-order valence-corrected chi connectivity index (χ3v) is 6.10. The van der Waals surface area contributed by atoms with Crippen molar-refractivity contribution in [1.29, 1.82) is 0 Å². The first kappa shape index (κ1) is 26.2. The van der Waals surface area contributed by atoms with E-state index in [4.69, 9.17) is 19.8 Å². The third-order valence-electron chi connectivity index (χ3n) is 3.29. The van der Waals surface area contributed by atoms with Crippen molar-refractivity contribution in [2.24, 2.45) is 5.73 Å².